The molecule has 0 fully saturated rings. The number of thiocarbonyl (C=S) groups is 1. The van der Waals surface area contributed by atoms with Gasteiger partial charge in [-0.2, -0.15) is 5.10 Å². The number of hydrogen-bond donors (Lipinski definition) is 3. The van der Waals surface area contributed by atoms with E-state index in [9.17, 15) is 0 Å². The van der Waals surface area contributed by atoms with Crippen molar-refractivity contribution in [2.45, 2.75) is 6.42 Å². The zero-order chi connectivity index (χ0) is 10.4. The first-order valence-electron chi connectivity index (χ1n) is 4.03. The minimum atomic E-state index is 0.145. The fraction of sp³-hybridized carbons (Fsp3) is 0.111. The van der Waals surface area contributed by atoms with Crippen LogP contribution in [0.2, 0.25) is 0 Å². The second-order valence-electron chi connectivity index (χ2n) is 2.66. The summed E-state index contributed by atoms with van der Waals surface area (Å²) in [5, 5.41) is 13.0. The molecule has 0 saturated heterocycles. The van der Waals surface area contributed by atoms with Gasteiger partial charge in [0.15, 0.2) is 5.11 Å². The summed E-state index contributed by atoms with van der Waals surface area (Å²) in [7, 11) is 0. The average molecular weight is 209 g/mol. The van der Waals surface area contributed by atoms with Crippen LogP contribution in [-0.4, -0.2) is 16.4 Å². The van der Waals surface area contributed by atoms with Crippen LogP contribution in [0.1, 0.15) is 5.56 Å². The Labute approximate surface area is 87.4 Å². The van der Waals surface area contributed by atoms with Crippen molar-refractivity contribution in [2.75, 3.05) is 0 Å². The number of benzene rings is 1. The number of nitrogens with two attached hydrogens (primary N) is 1. The van der Waals surface area contributed by atoms with Crippen molar-refractivity contribution < 1.29 is 5.11 Å². The zero-order valence-corrected chi connectivity index (χ0v) is 8.29. The highest BCUT2D eigenvalue weighted by Gasteiger charge is 1.90. The Morgan fingerprint density at radius 2 is 2.14 bits per heavy atom. The Morgan fingerprint density at radius 3 is 2.71 bits per heavy atom. The van der Waals surface area contributed by atoms with Gasteiger partial charge in [0.25, 0.3) is 0 Å². The van der Waals surface area contributed by atoms with Gasteiger partial charge in [0, 0.05) is 12.6 Å². The Balaban J connectivity index is 2.42. The van der Waals surface area contributed by atoms with Crippen LogP contribution in [0.4, 0.5) is 0 Å². The summed E-state index contributed by atoms with van der Waals surface area (Å²) in [5.74, 6) is 0.256. The maximum atomic E-state index is 9.02. The summed E-state index contributed by atoms with van der Waals surface area (Å²) in [6.45, 7) is 0. The summed E-state index contributed by atoms with van der Waals surface area (Å²) >= 11 is 4.56. The molecule has 1 aromatic carbocycles. The van der Waals surface area contributed by atoms with Gasteiger partial charge in [-0.25, -0.2) is 0 Å². The Bertz CT molecular complexity index is 334. The van der Waals surface area contributed by atoms with Crippen molar-refractivity contribution >= 4 is 23.5 Å². The highest BCUT2D eigenvalue weighted by atomic mass is 32.1. The molecule has 4 nitrogen and oxygen atoms in total. The van der Waals surface area contributed by atoms with E-state index >= 15 is 0 Å². The van der Waals surface area contributed by atoms with Crippen LogP contribution in [0, 0.1) is 0 Å². The first-order valence-corrected chi connectivity index (χ1v) is 4.44. The summed E-state index contributed by atoms with van der Waals surface area (Å²) in [6.07, 6.45) is 2.32. The number of nitrogens with zero attached hydrogens (tertiary/aromatic N) is 1. The monoisotopic (exact) mass is 209 g/mol. The maximum absolute atomic E-state index is 9.02. The molecule has 0 saturated carbocycles. The van der Waals surface area contributed by atoms with E-state index in [0.29, 0.717) is 6.42 Å². The van der Waals surface area contributed by atoms with Gasteiger partial charge < -0.3 is 10.8 Å². The van der Waals surface area contributed by atoms with Crippen LogP contribution in [0.25, 0.3) is 0 Å². The van der Waals surface area contributed by atoms with Crippen molar-refractivity contribution in [1.29, 1.82) is 0 Å². The first-order chi connectivity index (χ1) is 6.68. The molecule has 74 valence electrons. The van der Waals surface area contributed by atoms with Crippen LogP contribution in [0.15, 0.2) is 29.4 Å². The molecule has 14 heavy (non-hydrogen) atoms. The molecule has 0 atom stereocenters. The van der Waals surface area contributed by atoms with Crippen molar-refractivity contribution in [1.82, 2.24) is 5.43 Å². The van der Waals surface area contributed by atoms with E-state index in [1.165, 1.54) is 0 Å². The minimum absolute atomic E-state index is 0.145. The maximum Gasteiger partial charge on any atom is 0.184 e. The number of rotatable bonds is 3. The van der Waals surface area contributed by atoms with Crippen molar-refractivity contribution in [2.24, 2.45) is 10.8 Å². The van der Waals surface area contributed by atoms with E-state index in [-0.39, 0.29) is 10.9 Å². The third-order valence-corrected chi connectivity index (χ3v) is 1.62. The van der Waals surface area contributed by atoms with E-state index in [2.05, 4.69) is 22.7 Å². The molecule has 0 spiro atoms. The number of hydrogen-bond acceptors (Lipinski definition) is 3. The van der Waals surface area contributed by atoms with E-state index in [1.807, 2.05) is 12.1 Å². The average Bonchev–Trinajstić information content (AvgIpc) is 2.15. The highest BCUT2D eigenvalue weighted by molar-refractivity contribution is 7.80. The van der Waals surface area contributed by atoms with Gasteiger partial charge in [0.1, 0.15) is 5.75 Å². The largest absolute Gasteiger partial charge is 0.508 e. The van der Waals surface area contributed by atoms with Gasteiger partial charge in [-0.1, -0.05) is 12.1 Å². The van der Waals surface area contributed by atoms with Gasteiger partial charge in [0.05, 0.1) is 0 Å². The molecule has 0 aliphatic heterocycles. The molecule has 1 aromatic rings. The molecular formula is C9H11N3OS. The molecule has 0 bridgehead atoms. The molecule has 0 unspecified atom stereocenters. The van der Waals surface area contributed by atoms with Crippen molar-refractivity contribution in [3.8, 4) is 5.75 Å². The molecular weight excluding hydrogens is 198 g/mol. The molecule has 0 aromatic heterocycles. The fourth-order valence-electron chi connectivity index (χ4n) is 0.892. The number of aromatic hydroxyl groups is 1. The van der Waals surface area contributed by atoms with Gasteiger partial charge in [0.2, 0.25) is 0 Å². The lowest BCUT2D eigenvalue weighted by atomic mass is 10.2. The second kappa shape index (κ2) is 5.18. The number of hydrazone groups is 1. The Hall–Kier alpha value is -1.62. The van der Waals surface area contributed by atoms with Gasteiger partial charge in [-0.05, 0) is 29.9 Å². The molecule has 1 rings (SSSR count). The Kier molecular flexibility index (Phi) is 3.87. The van der Waals surface area contributed by atoms with E-state index in [0.717, 1.165) is 5.56 Å². The predicted octanol–water partition coefficient (Wildman–Crippen LogP) is 0.754. The van der Waals surface area contributed by atoms with Gasteiger partial charge in [-0.3, -0.25) is 5.43 Å². The molecule has 0 aliphatic rings. The van der Waals surface area contributed by atoms with Crippen LogP contribution in [-0.2, 0) is 6.42 Å². The summed E-state index contributed by atoms with van der Waals surface area (Å²) < 4.78 is 0. The highest BCUT2D eigenvalue weighted by Crippen LogP contribution is 2.09. The van der Waals surface area contributed by atoms with Crippen LogP contribution in [0.3, 0.4) is 0 Å². The van der Waals surface area contributed by atoms with E-state index in [1.54, 1.807) is 18.3 Å². The third-order valence-electron chi connectivity index (χ3n) is 1.53. The standard InChI is InChI=1S/C9H11N3OS/c10-9(14)12-11-6-5-7-1-3-8(13)4-2-7/h1-4,6,13H,5H2,(H3,10,12,14). The van der Waals surface area contributed by atoms with Crippen LogP contribution in [0.5, 0.6) is 5.75 Å². The third kappa shape index (κ3) is 3.86. The number of nitrogens with one attached hydrogen (secondary N) is 1. The summed E-state index contributed by atoms with van der Waals surface area (Å²) in [4.78, 5) is 0. The number of phenols is 1. The Morgan fingerprint density at radius 1 is 1.50 bits per heavy atom. The van der Waals surface area contributed by atoms with Crippen LogP contribution < -0.4 is 11.2 Å². The fourth-order valence-corrected chi connectivity index (χ4v) is 0.945. The van der Waals surface area contributed by atoms with Crippen LogP contribution >= 0.6 is 12.2 Å². The van der Waals surface area contributed by atoms with Crippen molar-refractivity contribution in [3.05, 3.63) is 29.8 Å². The lowest BCUT2D eigenvalue weighted by Crippen LogP contribution is -2.24. The summed E-state index contributed by atoms with van der Waals surface area (Å²) in [6, 6.07) is 6.90. The first kappa shape index (κ1) is 10.5. The lowest BCUT2D eigenvalue weighted by Gasteiger charge is -1.96. The molecule has 0 radical (unpaired) electrons. The molecule has 0 amide bonds. The topological polar surface area (TPSA) is 70.6 Å². The molecule has 0 heterocycles. The second-order valence-corrected chi connectivity index (χ2v) is 3.10. The SMILES string of the molecule is NC(=S)NN=CCc1ccc(O)cc1. The normalized spacial score (nSPS) is 10.3. The number of phenolic OH excluding ortho intramolecular Hbond substituents is 1. The molecule has 0 aliphatic carbocycles. The van der Waals surface area contributed by atoms with Crippen molar-refractivity contribution in [3.63, 3.8) is 0 Å². The zero-order valence-electron chi connectivity index (χ0n) is 7.47. The van der Waals surface area contributed by atoms with Gasteiger partial charge in [-0.15, -0.1) is 0 Å². The van der Waals surface area contributed by atoms with Gasteiger partial charge >= 0.3 is 0 Å². The predicted molar refractivity (Wildman–Crippen MR) is 60.2 cm³/mol. The minimum Gasteiger partial charge on any atom is -0.508 e. The molecule has 4 N–H and O–H groups in total. The lowest BCUT2D eigenvalue weighted by molar-refractivity contribution is 0.475. The summed E-state index contributed by atoms with van der Waals surface area (Å²) in [5.41, 5.74) is 8.67. The quantitative estimate of drug-likeness (QED) is 0.390. The molecule has 5 heteroatoms. The van der Waals surface area contributed by atoms with E-state index in [4.69, 9.17) is 10.8 Å². The van der Waals surface area contributed by atoms with E-state index < -0.39 is 0 Å². The smallest absolute Gasteiger partial charge is 0.184 e.